The highest BCUT2D eigenvalue weighted by Crippen LogP contribution is 2.15. The predicted molar refractivity (Wildman–Crippen MR) is 188 cm³/mol. The molecule has 272 valence electrons. The van der Waals surface area contributed by atoms with Crippen LogP contribution in [0.4, 0.5) is 0 Å². The summed E-state index contributed by atoms with van der Waals surface area (Å²) in [5.74, 6) is 0. The minimum Gasteiger partial charge on any atom is -0.376 e. The van der Waals surface area contributed by atoms with Crippen molar-refractivity contribution in [1.29, 1.82) is 0 Å². The molecule has 2 unspecified atom stereocenters. The van der Waals surface area contributed by atoms with Gasteiger partial charge in [-0.3, -0.25) is 0 Å². The fourth-order valence-corrected chi connectivity index (χ4v) is 6.27. The third-order valence-corrected chi connectivity index (χ3v) is 9.34. The van der Waals surface area contributed by atoms with Gasteiger partial charge >= 0.3 is 10.4 Å². The Morgan fingerprint density at radius 3 is 0.822 bits per heavy atom. The van der Waals surface area contributed by atoms with Gasteiger partial charge in [-0.2, -0.15) is 27.9 Å². The number of nitrogens with one attached hydrogen (secondary N) is 2. The van der Waals surface area contributed by atoms with Gasteiger partial charge in [0, 0.05) is 0 Å². The Hall–Kier alpha value is -0.290. The molecule has 0 fully saturated rings. The monoisotopic (exact) mass is 665 g/mol. The van der Waals surface area contributed by atoms with Gasteiger partial charge in [0.25, 0.3) is 0 Å². The zero-order chi connectivity index (χ0) is 33.1. The lowest BCUT2D eigenvalue weighted by molar-refractivity contribution is -0.0236. The molecule has 0 amide bonds. The predicted octanol–water partition coefficient (Wildman–Crippen LogP) is 10.4. The Balaban J connectivity index is 3.50. The van der Waals surface area contributed by atoms with E-state index in [0.717, 1.165) is 38.5 Å². The second-order valence-electron chi connectivity index (χ2n) is 13.3. The fraction of sp³-hybridized carbons (Fsp3) is 1.00. The maximum Gasteiger partial charge on any atom is 0.432 e. The number of aliphatic hydroxyl groups is 2. The van der Waals surface area contributed by atoms with E-state index in [-0.39, 0.29) is 0 Å². The fourth-order valence-electron chi connectivity index (χ4n) is 5.78. The average molecular weight is 665 g/mol. The topological polar surface area (TPSA) is 117 Å². The van der Waals surface area contributed by atoms with Crippen LogP contribution in [-0.4, -0.2) is 31.1 Å². The second-order valence-corrected chi connectivity index (χ2v) is 14.5. The van der Waals surface area contributed by atoms with Crippen molar-refractivity contribution in [2.45, 2.75) is 232 Å². The van der Waals surface area contributed by atoms with E-state index in [1.807, 2.05) is 0 Å². The first-order valence-corrected chi connectivity index (χ1v) is 20.7. The van der Waals surface area contributed by atoms with Crippen LogP contribution in [0.1, 0.15) is 219 Å². The standard InChI is InChI=1S/C36H76N2O6S/c1-3-5-7-9-11-13-15-17-19-21-23-25-27-29-31-33-35(39)37-43-45(41,42)44-38-36(40)34-32-30-28-26-24-22-20-18-16-14-12-10-8-6-4-2/h35-40H,3-34H2,1-2H3. The number of hydroxylamine groups is 2. The molecule has 0 heterocycles. The molecule has 0 spiro atoms. The minimum atomic E-state index is -4.43. The van der Waals surface area contributed by atoms with Crippen molar-refractivity contribution in [3.05, 3.63) is 0 Å². The Bertz CT molecular complexity index is 632. The molecule has 0 aliphatic rings. The molecule has 4 N–H and O–H groups in total. The van der Waals surface area contributed by atoms with Crippen LogP contribution in [0.5, 0.6) is 0 Å². The molecule has 9 heteroatoms. The molecule has 0 bridgehead atoms. The highest BCUT2D eigenvalue weighted by Gasteiger charge is 2.17. The Kier molecular flexibility index (Phi) is 34.8. The van der Waals surface area contributed by atoms with Crippen LogP contribution in [0, 0.1) is 0 Å². The highest BCUT2D eigenvalue weighted by molar-refractivity contribution is 7.81. The third-order valence-electron chi connectivity index (χ3n) is 8.73. The number of rotatable bonds is 38. The molecule has 0 aromatic heterocycles. The Morgan fingerprint density at radius 2 is 0.600 bits per heavy atom. The Labute approximate surface area is 279 Å². The van der Waals surface area contributed by atoms with Gasteiger partial charge in [0.05, 0.1) is 0 Å². The summed E-state index contributed by atoms with van der Waals surface area (Å²) in [5.41, 5.74) is 4.23. The van der Waals surface area contributed by atoms with Crippen molar-refractivity contribution < 1.29 is 27.2 Å². The summed E-state index contributed by atoms with van der Waals surface area (Å²) in [5, 5.41) is 19.9. The molecule has 45 heavy (non-hydrogen) atoms. The van der Waals surface area contributed by atoms with E-state index in [1.165, 1.54) is 154 Å². The number of aliphatic hydroxyl groups excluding tert-OH is 2. The molecule has 2 atom stereocenters. The lowest BCUT2D eigenvalue weighted by atomic mass is 10.0. The summed E-state index contributed by atoms with van der Waals surface area (Å²) in [6.45, 7) is 4.52. The summed E-state index contributed by atoms with van der Waals surface area (Å²) >= 11 is 0. The number of unbranched alkanes of at least 4 members (excludes halogenated alkanes) is 28. The maximum atomic E-state index is 11.9. The van der Waals surface area contributed by atoms with E-state index in [1.54, 1.807) is 0 Å². The van der Waals surface area contributed by atoms with E-state index in [4.69, 9.17) is 0 Å². The molecule has 0 radical (unpaired) electrons. The van der Waals surface area contributed by atoms with Gasteiger partial charge in [0.1, 0.15) is 12.5 Å². The quantitative estimate of drug-likeness (QED) is 0.0293. The van der Waals surface area contributed by atoms with Crippen molar-refractivity contribution in [3.63, 3.8) is 0 Å². The summed E-state index contributed by atoms with van der Waals surface area (Å²) in [7, 11) is -4.43. The smallest absolute Gasteiger partial charge is 0.376 e. The lowest BCUT2D eigenvalue weighted by Gasteiger charge is -2.14. The van der Waals surface area contributed by atoms with Gasteiger partial charge < -0.3 is 10.2 Å². The summed E-state index contributed by atoms with van der Waals surface area (Å²) in [4.78, 5) is 0. The number of hydrogen-bond donors (Lipinski definition) is 4. The molecular formula is C36H76N2O6S. The van der Waals surface area contributed by atoms with Gasteiger partial charge in [-0.15, -0.1) is 0 Å². The Morgan fingerprint density at radius 1 is 0.400 bits per heavy atom. The molecule has 0 aliphatic heterocycles. The molecule has 0 aromatic rings. The van der Waals surface area contributed by atoms with E-state index >= 15 is 0 Å². The van der Waals surface area contributed by atoms with Crippen LogP contribution in [0.3, 0.4) is 0 Å². The van der Waals surface area contributed by atoms with Crippen LogP contribution in [-0.2, 0) is 19.0 Å². The van der Waals surface area contributed by atoms with Gasteiger partial charge in [-0.05, 0) is 25.7 Å². The van der Waals surface area contributed by atoms with Crippen molar-refractivity contribution in [2.24, 2.45) is 0 Å². The summed E-state index contributed by atoms with van der Waals surface area (Å²) < 4.78 is 32.8. The molecule has 8 nitrogen and oxygen atoms in total. The van der Waals surface area contributed by atoms with Crippen molar-refractivity contribution in [2.75, 3.05) is 0 Å². The largest absolute Gasteiger partial charge is 0.432 e. The molecule has 0 aromatic carbocycles. The first-order valence-electron chi connectivity index (χ1n) is 19.4. The zero-order valence-corrected chi connectivity index (χ0v) is 30.5. The van der Waals surface area contributed by atoms with Gasteiger partial charge in [0.2, 0.25) is 0 Å². The van der Waals surface area contributed by atoms with E-state index in [0.29, 0.717) is 12.8 Å². The minimum absolute atomic E-state index is 0.392. The van der Waals surface area contributed by atoms with Crippen molar-refractivity contribution in [3.8, 4) is 0 Å². The van der Waals surface area contributed by atoms with Gasteiger partial charge in [-0.25, -0.2) is 0 Å². The van der Waals surface area contributed by atoms with E-state index in [2.05, 4.69) is 33.4 Å². The molecule has 0 saturated heterocycles. The third kappa shape index (κ3) is 36.4. The second kappa shape index (κ2) is 35.0. The SMILES string of the molecule is CCCCCCCCCCCCCCCCCC(O)NOS(=O)(=O)ONC(O)CCCCCCCCCCCCCCCCC. The van der Waals surface area contributed by atoms with Crippen LogP contribution >= 0.6 is 0 Å². The van der Waals surface area contributed by atoms with Gasteiger partial charge in [-0.1, -0.05) is 194 Å². The molecular weight excluding hydrogens is 588 g/mol. The molecule has 0 saturated carbocycles. The van der Waals surface area contributed by atoms with Crippen molar-refractivity contribution in [1.82, 2.24) is 11.0 Å². The summed E-state index contributed by atoms with van der Waals surface area (Å²) in [6, 6.07) is 0. The maximum absolute atomic E-state index is 11.9. The normalized spacial score (nSPS) is 13.4. The van der Waals surface area contributed by atoms with E-state index in [9.17, 15) is 18.6 Å². The molecule has 0 aliphatic carbocycles. The summed E-state index contributed by atoms with van der Waals surface area (Å²) in [6.07, 6.45) is 36.5. The first-order chi connectivity index (χ1) is 21.9. The van der Waals surface area contributed by atoms with Crippen LogP contribution in [0.15, 0.2) is 0 Å². The highest BCUT2D eigenvalue weighted by atomic mass is 32.3. The first kappa shape index (κ1) is 44.7. The lowest BCUT2D eigenvalue weighted by Crippen LogP contribution is -2.37. The van der Waals surface area contributed by atoms with Crippen molar-refractivity contribution >= 4 is 10.4 Å². The van der Waals surface area contributed by atoms with Crippen LogP contribution in [0.25, 0.3) is 0 Å². The van der Waals surface area contributed by atoms with Gasteiger partial charge in [0.15, 0.2) is 0 Å². The average Bonchev–Trinajstić information content (AvgIpc) is 3.03. The van der Waals surface area contributed by atoms with Crippen LogP contribution in [0.2, 0.25) is 0 Å². The van der Waals surface area contributed by atoms with Crippen LogP contribution < -0.4 is 11.0 Å². The molecule has 0 rings (SSSR count). The zero-order valence-electron chi connectivity index (χ0n) is 29.7. The number of hydrogen-bond acceptors (Lipinski definition) is 8. The van der Waals surface area contributed by atoms with E-state index < -0.39 is 22.9 Å².